The fourth-order valence-electron chi connectivity index (χ4n) is 3.04. The SMILES string of the molecule is C[C@H](C#CC1=Nc2ccccc2C1)OC(=O)/C=C/C1=CCCC([N+](=O)[O-])C1. The molecule has 6 nitrogen and oxygen atoms in total. The standard InChI is InChI=1S/C21H20N2O4/c1-15(9-11-18-14-17-6-2-3-8-20(17)22-18)27-21(24)12-10-16-5-4-7-19(13-16)23(25)26/h2-3,5-6,8,10,12,15,19H,4,7,13-14H2,1H3/b12-10+/t15-,19?/m1/s1. The first-order valence-electron chi connectivity index (χ1n) is 8.89. The average molecular weight is 364 g/mol. The van der Waals surface area contributed by atoms with Gasteiger partial charge in [-0.3, -0.25) is 10.1 Å². The molecule has 1 aromatic carbocycles. The van der Waals surface area contributed by atoms with Crippen molar-refractivity contribution >= 4 is 17.4 Å². The molecule has 6 heteroatoms. The van der Waals surface area contributed by atoms with Gasteiger partial charge in [-0.25, -0.2) is 9.79 Å². The van der Waals surface area contributed by atoms with E-state index in [4.69, 9.17) is 4.74 Å². The molecule has 0 aromatic heterocycles. The van der Waals surface area contributed by atoms with Crippen LogP contribution in [0, 0.1) is 22.0 Å². The Bertz CT molecular complexity index is 902. The van der Waals surface area contributed by atoms with Crippen molar-refractivity contribution in [1.29, 1.82) is 0 Å². The first kappa shape index (κ1) is 18.6. The largest absolute Gasteiger partial charge is 0.446 e. The second kappa shape index (κ2) is 8.45. The van der Waals surface area contributed by atoms with Gasteiger partial charge in [0, 0.05) is 30.3 Å². The summed E-state index contributed by atoms with van der Waals surface area (Å²) in [5.41, 5.74) is 3.62. The summed E-state index contributed by atoms with van der Waals surface area (Å²) >= 11 is 0. The lowest BCUT2D eigenvalue weighted by Crippen LogP contribution is -2.22. The van der Waals surface area contributed by atoms with Crippen LogP contribution in [0.5, 0.6) is 0 Å². The Hall–Kier alpha value is -3.20. The zero-order chi connectivity index (χ0) is 19.2. The van der Waals surface area contributed by atoms with Gasteiger partial charge in [0.25, 0.3) is 0 Å². The molecule has 1 aliphatic heterocycles. The molecule has 27 heavy (non-hydrogen) atoms. The monoisotopic (exact) mass is 364 g/mol. The van der Waals surface area contributed by atoms with Gasteiger partial charge in [-0.15, -0.1) is 0 Å². The molecule has 0 N–H and O–H groups in total. The summed E-state index contributed by atoms with van der Waals surface area (Å²) in [7, 11) is 0. The predicted molar refractivity (Wildman–Crippen MR) is 102 cm³/mol. The van der Waals surface area contributed by atoms with Gasteiger partial charge < -0.3 is 4.74 Å². The summed E-state index contributed by atoms with van der Waals surface area (Å²) < 4.78 is 5.24. The topological polar surface area (TPSA) is 81.8 Å². The summed E-state index contributed by atoms with van der Waals surface area (Å²) in [5, 5.41) is 10.9. The number of allylic oxidation sites excluding steroid dienone is 2. The van der Waals surface area contributed by atoms with Crippen molar-refractivity contribution in [3.63, 3.8) is 0 Å². The molecule has 0 fully saturated rings. The normalized spacial score (nSPS) is 19.4. The van der Waals surface area contributed by atoms with Crippen LogP contribution in [-0.2, 0) is 16.0 Å². The molecule has 138 valence electrons. The molecule has 0 bridgehead atoms. The van der Waals surface area contributed by atoms with Crippen molar-refractivity contribution in [1.82, 2.24) is 0 Å². The summed E-state index contributed by atoms with van der Waals surface area (Å²) in [6.45, 7) is 1.70. The van der Waals surface area contributed by atoms with Crippen molar-refractivity contribution in [2.24, 2.45) is 4.99 Å². The molecule has 1 unspecified atom stereocenters. The third-order valence-corrected chi connectivity index (χ3v) is 4.43. The van der Waals surface area contributed by atoms with Crippen LogP contribution < -0.4 is 0 Å². The highest BCUT2D eigenvalue weighted by molar-refractivity contribution is 6.06. The van der Waals surface area contributed by atoms with Crippen molar-refractivity contribution in [2.45, 2.75) is 44.8 Å². The van der Waals surface area contributed by atoms with Gasteiger partial charge in [0.1, 0.15) is 0 Å². The quantitative estimate of drug-likeness (QED) is 0.269. The van der Waals surface area contributed by atoms with E-state index >= 15 is 0 Å². The molecular formula is C21H20N2O4. The second-order valence-corrected chi connectivity index (χ2v) is 6.55. The number of carbonyl (C=O) groups excluding carboxylic acids is 1. The zero-order valence-corrected chi connectivity index (χ0v) is 15.1. The maximum atomic E-state index is 11.9. The second-order valence-electron chi connectivity index (χ2n) is 6.55. The third kappa shape index (κ3) is 5.14. The van der Waals surface area contributed by atoms with Gasteiger partial charge in [0.15, 0.2) is 6.10 Å². The minimum Gasteiger partial charge on any atom is -0.446 e. The maximum Gasteiger partial charge on any atom is 0.331 e. The average Bonchev–Trinajstić information content (AvgIpc) is 3.08. The summed E-state index contributed by atoms with van der Waals surface area (Å²) in [5.74, 6) is 5.34. The van der Waals surface area contributed by atoms with E-state index < -0.39 is 18.1 Å². The molecule has 0 amide bonds. The predicted octanol–water partition coefficient (Wildman–Crippen LogP) is 3.56. The number of hydrogen-bond acceptors (Lipinski definition) is 5. The van der Waals surface area contributed by atoms with E-state index in [-0.39, 0.29) is 4.92 Å². The Kier molecular flexibility index (Phi) is 5.82. The lowest BCUT2D eigenvalue weighted by atomic mass is 9.95. The molecule has 3 rings (SSSR count). The van der Waals surface area contributed by atoms with E-state index in [1.807, 2.05) is 30.3 Å². The number of para-hydroxylation sites is 1. The number of rotatable bonds is 4. The van der Waals surface area contributed by atoms with Crippen LogP contribution in [0.25, 0.3) is 0 Å². The molecule has 1 heterocycles. The molecule has 1 aliphatic carbocycles. The van der Waals surface area contributed by atoms with Crippen molar-refractivity contribution < 1.29 is 14.5 Å². The highest BCUT2D eigenvalue weighted by atomic mass is 16.6. The van der Waals surface area contributed by atoms with Gasteiger partial charge in [0.05, 0.1) is 11.4 Å². The van der Waals surface area contributed by atoms with Crippen molar-refractivity contribution in [2.75, 3.05) is 0 Å². The Morgan fingerprint density at radius 1 is 1.44 bits per heavy atom. The molecule has 0 saturated heterocycles. The van der Waals surface area contributed by atoms with Gasteiger partial charge in [-0.1, -0.05) is 36.3 Å². The number of benzene rings is 1. The fraction of sp³-hybridized carbons (Fsp3) is 0.333. The zero-order valence-electron chi connectivity index (χ0n) is 15.1. The number of esters is 1. The molecule has 0 spiro atoms. The molecular weight excluding hydrogens is 344 g/mol. The maximum absolute atomic E-state index is 11.9. The van der Waals surface area contributed by atoms with Crippen LogP contribution in [0.3, 0.4) is 0 Å². The minimum atomic E-state index is -0.577. The van der Waals surface area contributed by atoms with Crippen LogP contribution in [-0.4, -0.2) is 28.8 Å². The lowest BCUT2D eigenvalue weighted by molar-refractivity contribution is -0.523. The van der Waals surface area contributed by atoms with Gasteiger partial charge in [-0.2, -0.15) is 0 Å². The van der Waals surface area contributed by atoms with Crippen LogP contribution in [0.1, 0.15) is 31.7 Å². The third-order valence-electron chi connectivity index (χ3n) is 4.43. The molecule has 1 aromatic rings. The summed E-state index contributed by atoms with van der Waals surface area (Å²) in [6.07, 6.45) is 6.46. The number of nitrogens with zero attached hydrogens (tertiary/aromatic N) is 2. The smallest absolute Gasteiger partial charge is 0.331 e. The first-order valence-corrected chi connectivity index (χ1v) is 8.89. The van der Waals surface area contributed by atoms with E-state index in [1.54, 1.807) is 13.0 Å². The summed E-state index contributed by atoms with van der Waals surface area (Å²) in [6, 6.07) is 7.29. The van der Waals surface area contributed by atoms with E-state index in [1.165, 1.54) is 6.08 Å². The number of fused-ring (bicyclic) bond motifs is 1. The van der Waals surface area contributed by atoms with Crippen LogP contribution >= 0.6 is 0 Å². The van der Waals surface area contributed by atoms with E-state index in [9.17, 15) is 14.9 Å². The van der Waals surface area contributed by atoms with Crippen LogP contribution in [0.2, 0.25) is 0 Å². The molecule has 2 atom stereocenters. The van der Waals surface area contributed by atoms with Crippen LogP contribution in [0.4, 0.5) is 5.69 Å². The first-order chi connectivity index (χ1) is 13.0. The number of nitro groups is 1. The molecule has 0 radical (unpaired) electrons. The Morgan fingerprint density at radius 2 is 2.26 bits per heavy atom. The lowest BCUT2D eigenvalue weighted by Gasteiger charge is -2.14. The number of aliphatic imine (C=N–C) groups is 1. The Morgan fingerprint density at radius 3 is 3.04 bits per heavy atom. The van der Waals surface area contributed by atoms with Gasteiger partial charge in [-0.05, 0) is 36.5 Å². The van der Waals surface area contributed by atoms with Gasteiger partial charge in [0.2, 0.25) is 6.04 Å². The number of hydrogen-bond donors (Lipinski definition) is 0. The van der Waals surface area contributed by atoms with Gasteiger partial charge >= 0.3 is 5.97 Å². The van der Waals surface area contributed by atoms with E-state index in [2.05, 4.69) is 16.8 Å². The van der Waals surface area contributed by atoms with Crippen molar-refractivity contribution in [3.05, 3.63) is 63.7 Å². The number of ether oxygens (including phenoxy) is 1. The Balaban J connectivity index is 1.50. The highest BCUT2D eigenvalue weighted by Gasteiger charge is 2.23. The van der Waals surface area contributed by atoms with E-state index in [0.29, 0.717) is 25.7 Å². The van der Waals surface area contributed by atoms with E-state index in [0.717, 1.165) is 22.5 Å². The summed E-state index contributed by atoms with van der Waals surface area (Å²) in [4.78, 5) is 27.0. The molecule has 2 aliphatic rings. The highest BCUT2D eigenvalue weighted by Crippen LogP contribution is 2.25. The minimum absolute atomic E-state index is 0.263. The Labute approximate surface area is 157 Å². The van der Waals surface area contributed by atoms with Crippen molar-refractivity contribution in [3.8, 4) is 11.8 Å². The number of carbonyl (C=O) groups is 1. The molecule has 0 saturated carbocycles. The fourth-order valence-corrected chi connectivity index (χ4v) is 3.04. The van der Waals surface area contributed by atoms with Crippen LogP contribution in [0.15, 0.2) is 53.1 Å².